The molecule has 5 aliphatic carbocycles. The van der Waals surface area contributed by atoms with Crippen molar-refractivity contribution in [2.75, 3.05) is 0 Å². The van der Waals surface area contributed by atoms with Crippen LogP contribution in [0.4, 0.5) is 0 Å². The van der Waals surface area contributed by atoms with E-state index in [0.29, 0.717) is 18.3 Å². The van der Waals surface area contributed by atoms with E-state index in [1.165, 1.54) is 6.42 Å². The highest BCUT2D eigenvalue weighted by Crippen LogP contribution is 2.63. The van der Waals surface area contributed by atoms with Gasteiger partial charge in [-0.05, 0) is 69.6 Å². The van der Waals surface area contributed by atoms with Gasteiger partial charge in [-0.15, -0.1) is 0 Å². The Morgan fingerprint density at radius 3 is 2.17 bits per heavy atom. The van der Waals surface area contributed by atoms with E-state index in [0.717, 1.165) is 57.8 Å². The van der Waals surface area contributed by atoms with Crippen LogP contribution in [0, 0.1) is 17.3 Å². The highest BCUT2D eigenvalue weighted by atomic mass is 16.6. The first kappa shape index (κ1) is 20.4. The van der Waals surface area contributed by atoms with Gasteiger partial charge in [-0.3, -0.25) is 14.4 Å². The molecule has 2 unspecified atom stereocenters. The number of ether oxygens (including phenoxy) is 2. The van der Waals surface area contributed by atoms with Gasteiger partial charge in [0.05, 0.1) is 11.8 Å². The standard InChI is InChI=1S/C22H30O7/c23-17(19(25)26)6-7-18(24)29-22-11-14-8-15(12-22)10-21(9-14,13-22)20(27)28-16-4-2-1-3-5-16/h14-16H,1-13H2,(H,25,26). The maximum Gasteiger partial charge on any atom is 0.372 e. The number of ketones is 1. The zero-order chi connectivity index (χ0) is 20.6. The van der Waals surface area contributed by atoms with Gasteiger partial charge in [-0.2, -0.15) is 0 Å². The summed E-state index contributed by atoms with van der Waals surface area (Å²) in [5.41, 5.74) is -1.22. The van der Waals surface area contributed by atoms with Gasteiger partial charge in [0, 0.05) is 12.8 Å². The van der Waals surface area contributed by atoms with Crippen molar-refractivity contribution in [2.45, 2.75) is 95.2 Å². The van der Waals surface area contributed by atoms with E-state index >= 15 is 0 Å². The molecule has 2 atom stereocenters. The lowest BCUT2D eigenvalue weighted by Gasteiger charge is -2.60. The molecule has 7 nitrogen and oxygen atoms in total. The minimum atomic E-state index is -1.53. The molecule has 7 heteroatoms. The number of esters is 2. The van der Waals surface area contributed by atoms with E-state index in [1.807, 2.05) is 0 Å². The van der Waals surface area contributed by atoms with E-state index in [2.05, 4.69) is 0 Å². The second kappa shape index (κ2) is 7.73. The van der Waals surface area contributed by atoms with Crippen molar-refractivity contribution in [1.82, 2.24) is 0 Å². The maximum absolute atomic E-state index is 13.2. The molecule has 0 aromatic rings. The van der Waals surface area contributed by atoms with Gasteiger partial charge in [-0.1, -0.05) is 6.42 Å². The molecule has 0 spiro atoms. The predicted molar refractivity (Wildman–Crippen MR) is 101 cm³/mol. The fourth-order valence-electron chi connectivity index (χ4n) is 6.61. The second-order valence-corrected chi connectivity index (χ2v) is 9.79. The van der Waals surface area contributed by atoms with Crippen molar-refractivity contribution in [3.05, 3.63) is 0 Å². The molecule has 0 saturated heterocycles. The summed E-state index contributed by atoms with van der Waals surface area (Å²) in [6, 6.07) is 0. The predicted octanol–water partition coefficient (Wildman–Crippen LogP) is 3.18. The van der Waals surface area contributed by atoms with Crippen LogP contribution < -0.4 is 0 Å². The van der Waals surface area contributed by atoms with Crippen LogP contribution in [-0.4, -0.2) is 40.5 Å². The van der Waals surface area contributed by atoms with Gasteiger partial charge in [-0.25, -0.2) is 4.79 Å². The summed E-state index contributed by atoms with van der Waals surface area (Å²) < 4.78 is 11.8. The Balaban J connectivity index is 1.42. The topological polar surface area (TPSA) is 107 Å². The average molecular weight is 406 g/mol. The zero-order valence-electron chi connectivity index (χ0n) is 16.8. The molecular weight excluding hydrogens is 376 g/mol. The number of carbonyl (C=O) groups is 4. The van der Waals surface area contributed by atoms with Crippen molar-refractivity contribution in [3.8, 4) is 0 Å². The summed E-state index contributed by atoms with van der Waals surface area (Å²) in [6.45, 7) is 0. The van der Waals surface area contributed by atoms with E-state index in [4.69, 9.17) is 14.6 Å². The SMILES string of the molecule is O=C(CCC(=O)C(=O)O)OC12CC3CC(C1)CC(C(=O)OC1CCCCC1)(C3)C2. The van der Waals surface area contributed by atoms with Gasteiger partial charge in [0.15, 0.2) is 0 Å². The summed E-state index contributed by atoms with van der Waals surface area (Å²) in [6.07, 6.45) is 9.40. The third-order valence-corrected chi connectivity index (χ3v) is 7.39. The van der Waals surface area contributed by atoms with Gasteiger partial charge in [0.2, 0.25) is 5.78 Å². The van der Waals surface area contributed by atoms with Crippen molar-refractivity contribution in [1.29, 1.82) is 0 Å². The fourth-order valence-corrected chi connectivity index (χ4v) is 6.61. The van der Waals surface area contributed by atoms with Gasteiger partial charge in [0.25, 0.3) is 0 Å². The Morgan fingerprint density at radius 2 is 1.55 bits per heavy atom. The Kier molecular flexibility index (Phi) is 5.42. The summed E-state index contributed by atoms with van der Waals surface area (Å²) >= 11 is 0. The van der Waals surface area contributed by atoms with E-state index in [1.54, 1.807) is 0 Å². The maximum atomic E-state index is 13.2. The van der Waals surface area contributed by atoms with Gasteiger partial charge in [0.1, 0.15) is 11.7 Å². The Labute approximate surface area is 170 Å². The quantitative estimate of drug-likeness (QED) is 0.511. The molecule has 5 saturated carbocycles. The van der Waals surface area contributed by atoms with E-state index < -0.39 is 28.7 Å². The van der Waals surface area contributed by atoms with Crippen LogP contribution in [0.15, 0.2) is 0 Å². The number of rotatable bonds is 7. The summed E-state index contributed by atoms with van der Waals surface area (Å²) in [4.78, 5) is 47.5. The third-order valence-electron chi connectivity index (χ3n) is 7.39. The zero-order valence-corrected chi connectivity index (χ0v) is 16.8. The lowest BCUT2D eigenvalue weighted by atomic mass is 9.48. The highest BCUT2D eigenvalue weighted by Gasteiger charge is 2.63. The Morgan fingerprint density at radius 1 is 0.897 bits per heavy atom. The van der Waals surface area contributed by atoms with Crippen LogP contribution in [0.3, 0.4) is 0 Å². The molecule has 0 amide bonds. The number of hydrogen-bond donors (Lipinski definition) is 1. The van der Waals surface area contributed by atoms with Crippen molar-refractivity contribution in [3.63, 3.8) is 0 Å². The number of carboxylic acids is 1. The first-order valence-corrected chi connectivity index (χ1v) is 11.0. The van der Waals surface area contributed by atoms with Crippen molar-refractivity contribution in [2.24, 2.45) is 17.3 Å². The second-order valence-electron chi connectivity index (χ2n) is 9.79. The molecule has 29 heavy (non-hydrogen) atoms. The number of hydrogen-bond acceptors (Lipinski definition) is 6. The molecule has 5 aliphatic rings. The molecule has 0 heterocycles. The van der Waals surface area contributed by atoms with Crippen LogP contribution in [0.1, 0.15) is 83.5 Å². The number of carboxylic acid groups (broad SMARTS) is 1. The Hall–Kier alpha value is -1.92. The third kappa shape index (κ3) is 4.19. The molecule has 0 aliphatic heterocycles. The fraction of sp³-hybridized carbons (Fsp3) is 0.818. The number of aliphatic carboxylic acids is 1. The Bertz CT molecular complexity index is 692. The van der Waals surface area contributed by atoms with Gasteiger partial charge < -0.3 is 14.6 Å². The van der Waals surface area contributed by atoms with Crippen LogP contribution in [0.5, 0.6) is 0 Å². The van der Waals surface area contributed by atoms with E-state index in [-0.39, 0.29) is 24.9 Å². The van der Waals surface area contributed by atoms with Crippen LogP contribution in [-0.2, 0) is 28.7 Å². The summed E-state index contributed by atoms with van der Waals surface area (Å²) in [5.74, 6) is -2.47. The molecule has 1 N–H and O–H groups in total. The highest BCUT2D eigenvalue weighted by molar-refractivity contribution is 6.32. The van der Waals surface area contributed by atoms with Crippen LogP contribution >= 0.6 is 0 Å². The van der Waals surface area contributed by atoms with Crippen molar-refractivity contribution >= 4 is 23.7 Å². The first-order chi connectivity index (χ1) is 13.8. The number of carbonyl (C=O) groups excluding carboxylic acids is 3. The normalized spacial score (nSPS) is 35.9. The summed E-state index contributed by atoms with van der Waals surface area (Å²) in [7, 11) is 0. The lowest BCUT2D eigenvalue weighted by molar-refractivity contribution is -0.215. The molecule has 5 rings (SSSR count). The van der Waals surface area contributed by atoms with Gasteiger partial charge >= 0.3 is 17.9 Å². The monoisotopic (exact) mass is 406 g/mol. The number of Topliss-reactive ketones (excluding diaryl/α,β-unsaturated/α-hetero) is 1. The van der Waals surface area contributed by atoms with Crippen LogP contribution in [0.25, 0.3) is 0 Å². The smallest absolute Gasteiger partial charge is 0.372 e. The minimum Gasteiger partial charge on any atom is -0.476 e. The lowest BCUT2D eigenvalue weighted by Crippen LogP contribution is -2.60. The molecule has 0 radical (unpaired) electrons. The molecule has 0 aromatic carbocycles. The molecule has 0 aromatic heterocycles. The largest absolute Gasteiger partial charge is 0.476 e. The summed E-state index contributed by atoms with van der Waals surface area (Å²) in [5, 5.41) is 8.67. The van der Waals surface area contributed by atoms with Crippen LogP contribution in [0.2, 0.25) is 0 Å². The molecule has 160 valence electrons. The minimum absolute atomic E-state index is 0.0183. The average Bonchev–Trinajstić information content (AvgIpc) is 2.65. The molecule has 4 bridgehead atoms. The molecule has 5 fully saturated rings. The van der Waals surface area contributed by atoms with Crippen molar-refractivity contribution < 1.29 is 33.8 Å². The molecular formula is C22H30O7. The van der Waals surface area contributed by atoms with E-state index in [9.17, 15) is 19.2 Å². The first-order valence-electron chi connectivity index (χ1n) is 11.0.